The minimum Gasteiger partial charge on any atom is -0.377 e. The number of rotatable bonds is 7. The van der Waals surface area contributed by atoms with Crippen molar-refractivity contribution in [2.45, 2.75) is 33.5 Å². The lowest BCUT2D eigenvalue weighted by atomic mass is 10.1. The number of carbonyl (C=O) groups excluding carboxylic acids is 1. The van der Waals surface area contributed by atoms with E-state index in [4.69, 9.17) is 4.74 Å². The summed E-state index contributed by atoms with van der Waals surface area (Å²) in [5.41, 5.74) is 4.43. The molecule has 0 atom stereocenters. The molecule has 0 aliphatic rings. The largest absolute Gasteiger partial charge is 0.377 e. The van der Waals surface area contributed by atoms with E-state index in [-0.39, 0.29) is 5.91 Å². The number of nitrogens with zero attached hydrogens (tertiary/aromatic N) is 3. The normalized spacial score (nSPS) is 11.0. The summed E-state index contributed by atoms with van der Waals surface area (Å²) in [6, 6.07) is 13.5. The fourth-order valence-electron chi connectivity index (χ4n) is 2.60. The van der Waals surface area contributed by atoms with E-state index in [1.807, 2.05) is 44.2 Å². The van der Waals surface area contributed by atoms with Gasteiger partial charge < -0.3 is 10.1 Å². The predicted molar refractivity (Wildman–Crippen MR) is 96.1 cm³/mol. The number of nitrogens with one attached hydrogen (secondary N) is 1. The van der Waals surface area contributed by atoms with E-state index in [0.29, 0.717) is 25.3 Å². The monoisotopic (exact) mass is 338 g/mol. The van der Waals surface area contributed by atoms with Crippen LogP contribution in [0.4, 0.5) is 0 Å². The molecule has 0 radical (unpaired) electrons. The van der Waals surface area contributed by atoms with Crippen LogP contribution >= 0.6 is 0 Å². The number of hydrogen-bond acceptors (Lipinski definition) is 4. The molecule has 3 rings (SSSR count). The first-order valence-corrected chi connectivity index (χ1v) is 8.48. The van der Waals surface area contributed by atoms with Gasteiger partial charge in [-0.25, -0.2) is 4.68 Å². The second kappa shape index (κ2) is 7.90. The molecule has 130 valence electrons. The maximum absolute atomic E-state index is 12.4. The van der Waals surface area contributed by atoms with Crippen molar-refractivity contribution >= 4 is 16.9 Å². The van der Waals surface area contributed by atoms with Crippen LogP contribution < -0.4 is 5.32 Å². The van der Waals surface area contributed by atoms with Gasteiger partial charge in [-0.3, -0.25) is 4.79 Å². The number of aryl methyl sites for hydroxylation is 1. The molecule has 0 unspecified atom stereocenters. The highest BCUT2D eigenvalue weighted by Gasteiger charge is 2.09. The Labute approximate surface area is 146 Å². The van der Waals surface area contributed by atoms with Crippen molar-refractivity contribution in [3.63, 3.8) is 0 Å². The van der Waals surface area contributed by atoms with Gasteiger partial charge >= 0.3 is 0 Å². The predicted octanol–water partition coefficient (Wildman–Crippen LogP) is 2.92. The van der Waals surface area contributed by atoms with Crippen LogP contribution in [0, 0.1) is 0 Å². The van der Waals surface area contributed by atoms with Crippen LogP contribution in [0.25, 0.3) is 11.0 Å². The minimum absolute atomic E-state index is 0.119. The van der Waals surface area contributed by atoms with Crippen LogP contribution in [0.15, 0.2) is 42.5 Å². The Kier molecular flexibility index (Phi) is 5.40. The van der Waals surface area contributed by atoms with E-state index in [2.05, 4.69) is 15.6 Å². The van der Waals surface area contributed by atoms with E-state index < -0.39 is 0 Å². The van der Waals surface area contributed by atoms with Gasteiger partial charge in [0, 0.05) is 25.3 Å². The Morgan fingerprint density at radius 3 is 2.60 bits per heavy atom. The summed E-state index contributed by atoms with van der Waals surface area (Å²) in [6.45, 7) is 6.53. The number of ether oxygens (including phenoxy) is 1. The van der Waals surface area contributed by atoms with Crippen molar-refractivity contribution in [2.24, 2.45) is 0 Å². The fourth-order valence-corrected chi connectivity index (χ4v) is 2.60. The highest BCUT2D eigenvalue weighted by molar-refractivity contribution is 5.97. The zero-order chi connectivity index (χ0) is 17.6. The molecule has 1 amide bonds. The van der Waals surface area contributed by atoms with Crippen LogP contribution in [0.2, 0.25) is 0 Å². The zero-order valence-electron chi connectivity index (χ0n) is 14.5. The van der Waals surface area contributed by atoms with Gasteiger partial charge in [0.15, 0.2) is 0 Å². The van der Waals surface area contributed by atoms with Crippen LogP contribution in [0.1, 0.15) is 35.3 Å². The van der Waals surface area contributed by atoms with E-state index in [1.165, 1.54) is 0 Å². The Bertz CT molecular complexity index is 855. The molecule has 0 fully saturated rings. The molecule has 0 aliphatic heterocycles. The molecule has 0 bridgehead atoms. The Hall–Kier alpha value is -2.73. The first kappa shape index (κ1) is 17.1. The van der Waals surface area contributed by atoms with E-state index in [9.17, 15) is 4.79 Å². The first-order valence-electron chi connectivity index (χ1n) is 8.48. The highest BCUT2D eigenvalue weighted by Crippen LogP contribution is 2.14. The molecule has 6 nitrogen and oxygen atoms in total. The second-order valence-corrected chi connectivity index (χ2v) is 5.75. The third kappa shape index (κ3) is 4.03. The van der Waals surface area contributed by atoms with Crippen LogP contribution in [0.3, 0.4) is 0 Å². The molecule has 3 aromatic rings. The maximum atomic E-state index is 12.4. The number of carbonyl (C=O) groups is 1. The summed E-state index contributed by atoms with van der Waals surface area (Å²) < 4.78 is 7.18. The van der Waals surface area contributed by atoms with Gasteiger partial charge in [0.2, 0.25) is 0 Å². The van der Waals surface area contributed by atoms with Crippen molar-refractivity contribution in [3.8, 4) is 0 Å². The standard InChI is InChI=1S/C19H22N4O2/c1-3-23-18-10-9-16(11-17(18)21-22-23)19(24)20-12-14-5-7-15(8-6-14)13-25-4-2/h5-11H,3-4,12-13H2,1-2H3,(H,20,24). The topological polar surface area (TPSA) is 69.0 Å². The lowest BCUT2D eigenvalue weighted by molar-refractivity contribution is 0.0951. The number of aromatic nitrogens is 3. The molecular formula is C19H22N4O2. The molecule has 0 aliphatic carbocycles. The van der Waals surface area contributed by atoms with Gasteiger partial charge in [-0.15, -0.1) is 5.10 Å². The van der Waals surface area contributed by atoms with Crippen LogP contribution in [-0.4, -0.2) is 27.5 Å². The smallest absolute Gasteiger partial charge is 0.251 e. The maximum Gasteiger partial charge on any atom is 0.251 e. The number of fused-ring (bicyclic) bond motifs is 1. The van der Waals surface area contributed by atoms with Gasteiger partial charge in [0.25, 0.3) is 5.91 Å². The molecule has 0 saturated heterocycles. The third-order valence-electron chi connectivity index (χ3n) is 4.02. The van der Waals surface area contributed by atoms with Crippen molar-refractivity contribution in [1.29, 1.82) is 0 Å². The molecule has 0 spiro atoms. The van der Waals surface area contributed by atoms with Gasteiger partial charge in [-0.2, -0.15) is 0 Å². The number of amides is 1. The number of benzene rings is 2. The average Bonchev–Trinajstić information content (AvgIpc) is 3.07. The van der Waals surface area contributed by atoms with Crippen molar-refractivity contribution in [2.75, 3.05) is 6.61 Å². The molecule has 0 saturated carbocycles. The molecule has 25 heavy (non-hydrogen) atoms. The summed E-state index contributed by atoms with van der Waals surface area (Å²) in [5, 5.41) is 11.1. The van der Waals surface area contributed by atoms with Crippen molar-refractivity contribution in [3.05, 3.63) is 59.2 Å². The van der Waals surface area contributed by atoms with Crippen LogP contribution in [-0.2, 0) is 24.4 Å². The van der Waals surface area contributed by atoms with Crippen molar-refractivity contribution in [1.82, 2.24) is 20.3 Å². The Morgan fingerprint density at radius 2 is 1.88 bits per heavy atom. The minimum atomic E-state index is -0.119. The lowest BCUT2D eigenvalue weighted by Gasteiger charge is -2.07. The SMILES string of the molecule is CCOCc1ccc(CNC(=O)c2ccc3c(c2)nnn3CC)cc1. The summed E-state index contributed by atoms with van der Waals surface area (Å²) in [7, 11) is 0. The Balaban J connectivity index is 1.62. The van der Waals surface area contributed by atoms with E-state index in [1.54, 1.807) is 16.8 Å². The Morgan fingerprint density at radius 1 is 1.12 bits per heavy atom. The van der Waals surface area contributed by atoms with Gasteiger partial charge in [-0.05, 0) is 43.2 Å². The molecule has 1 aromatic heterocycles. The molecule has 1 N–H and O–H groups in total. The quantitative estimate of drug-likeness (QED) is 0.719. The van der Waals surface area contributed by atoms with Gasteiger partial charge in [0.1, 0.15) is 5.52 Å². The molecule has 2 aromatic carbocycles. The zero-order valence-corrected chi connectivity index (χ0v) is 14.5. The van der Waals surface area contributed by atoms with Gasteiger partial charge in [-0.1, -0.05) is 29.5 Å². The highest BCUT2D eigenvalue weighted by atomic mass is 16.5. The molecular weight excluding hydrogens is 316 g/mol. The molecule has 6 heteroatoms. The summed E-state index contributed by atoms with van der Waals surface area (Å²) >= 11 is 0. The summed E-state index contributed by atoms with van der Waals surface area (Å²) in [6.07, 6.45) is 0. The average molecular weight is 338 g/mol. The third-order valence-corrected chi connectivity index (χ3v) is 4.02. The summed E-state index contributed by atoms with van der Waals surface area (Å²) in [5.74, 6) is -0.119. The van der Waals surface area contributed by atoms with E-state index in [0.717, 1.165) is 28.7 Å². The summed E-state index contributed by atoms with van der Waals surface area (Å²) in [4.78, 5) is 12.4. The fraction of sp³-hybridized carbons (Fsp3) is 0.316. The number of hydrogen-bond donors (Lipinski definition) is 1. The van der Waals surface area contributed by atoms with Crippen LogP contribution in [0.5, 0.6) is 0 Å². The van der Waals surface area contributed by atoms with E-state index >= 15 is 0 Å². The first-order chi connectivity index (χ1) is 12.2. The van der Waals surface area contributed by atoms with Crippen molar-refractivity contribution < 1.29 is 9.53 Å². The molecule has 1 heterocycles. The lowest BCUT2D eigenvalue weighted by Crippen LogP contribution is -2.22. The second-order valence-electron chi connectivity index (χ2n) is 5.75. The van der Waals surface area contributed by atoms with Gasteiger partial charge in [0.05, 0.1) is 12.1 Å².